The zero-order chi connectivity index (χ0) is 23.4. The van der Waals surface area contributed by atoms with Crippen molar-refractivity contribution in [3.05, 3.63) is 96.2 Å². The zero-order valence-electron chi connectivity index (χ0n) is 18.1. The highest BCUT2D eigenvalue weighted by Crippen LogP contribution is 2.34. The number of rotatable bonds is 7. The second-order valence-electron chi connectivity index (χ2n) is 7.28. The summed E-state index contributed by atoms with van der Waals surface area (Å²) in [7, 11) is -2.43. The lowest BCUT2D eigenvalue weighted by atomic mass is 10.1. The molecule has 0 aliphatic carbocycles. The number of aryl methyl sites for hydroxylation is 1. The lowest BCUT2D eigenvalue weighted by Gasteiger charge is -2.11. The van der Waals surface area contributed by atoms with Crippen LogP contribution < -0.4 is 9.47 Å². The molecule has 1 aromatic heterocycles. The summed E-state index contributed by atoms with van der Waals surface area (Å²) in [6.45, 7) is 1.58. The van der Waals surface area contributed by atoms with E-state index < -0.39 is 15.8 Å². The lowest BCUT2D eigenvalue weighted by Crippen LogP contribution is -2.16. The van der Waals surface area contributed by atoms with Crippen LogP contribution in [0, 0.1) is 6.92 Å². The molecule has 0 spiro atoms. The van der Waals surface area contributed by atoms with Crippen molar-refractivity contribution in [1.29, 1.82) is 0 Å². The SMILES string of the molecule is COc1ccc(CC(=O)Oc2c(S(=O)(=O)c3ccccc3)c(C)nn2-c2ccccc2)cc1. The molecule has 0 aliphatic rings. The van der Waals surface area contributed by atoms with Crippen molar-refractivity contribution >= 4 is 15.8 Å². The van der Waals surface area contributed by atoms with Crippen LogP contribution in [0.15, 0.2) is 94.7 Å². The van der Waals surface area contributed by atoms with Crippen LogP contribution >= 0.6 is 0 Å². The standard InChI is InChI=1S/C25H22N2O5S/c1-18-24(33(29,30)22-11-7-4-8-12-22)25(27(26-18)20-9-5-3-6-10-20)32-23(28)17-19-13-15-21(31-2)16-14-19/h3-16H,17H2,1-2H3. The van der Waals surface area contributed by atoms with Crippen LogP contribution in [0.3, 0.4) is 0 Å². The maximum absolute atomic E-state index is 13.5. The predicted molar refractivity (Wildman–Crippen MR) is 123 cm³/mol. The molecule has 168 valence electrons. The van der Waals surface area contributed by atoms with Crippen molar-refractivity contribution in [1.82, 2.24) is 9.78 Å². The first-order valence-electron chi connectivity index (χ1n) is 10.2. The fraction of sp³-hybridized carbons (Fsp3) is 0.120. The monoisotopic (exact) mass is 462 g/mol. The molecule has 8 heteroatoms. The summed E-state index contributed by atoms with van der Waals surface area (Å²) in [6.07, 6.45) is -0.0478. The maximum atomic E-state index is 13.5. The Bertz CT molecular complexity index is 1360. The number of carbonyl (C=O) groups excluding carboxylic acids is 1. The second-order valence-corrected chi connectivity index (χ2v) is 9.17. The van der Waals surface area contributed by atoms with Gasteiger partial charge in [-0.2, -0.15) is 9.78 Å². The van der Waals surface area contributed by atoms with Crippen LogP contribution in [0.2, 0.25) is 0 Å². The third-order valence-corrected chi connectivity index (χ3v) is 6.91. The lowest BCUT2D eigenvalue weighted by molar-refractivity contribution is -0.134. The van der Waals surface area contributed by atoms with E-state index in [0.29, 0.717) is 17.0 Å². The minimum atomic E-state index is -3.99. The molecular weight excluding hydrogens is 440 g/mol. The molecule has 0 unspecified atom stereocenters. The Morgan fingerprint density at radius 2 is 1.52 bits per heavy atom. The summed E-state index contributed by atoms with van der Waals surface area (Å²) in [5.74, 6) is -0.0797. The number of nitrogens with zero attached hydrogens (tertiary/aromatic N) is 2. The number of benzene rings is 3. The van der Waals surface area contributed by atoms with Gasteiger partial charge < -0.3 is 9.47 Å². The van der Waals surface area contributed by atoms with Gasteiger partial charge in [-0.3, -0.25) is 4.79 Å². The predicted octanol–water partition coefficient (Wildman–Crippen LogP) is 4.17. The van der Waals surface area contributed by atoms with Gasteiger partial charge in [-0.1, -0.05) is 48.5 Å². The molecular formula is C25H22N2O5S. The average Bonchev–Trinajstić information content (AvgIpc) is 3.16. The van der Waals surface area contributed by atoms with Crippen LogP contribution in [0.5, 0.6) is 11.6 Å². The van der Waals surface area contributed by atoms with Gasteiger partial charge in [0.1, 0.15) is 5.75 Å². The van der Waals surface area contributed by atoms with E-state index in [1.807, 2.05) is 6.07 Å². The maximum Gasteiger partial charge on any atom is 0.317 e. The summed E-state index contributed by atoms with van der Waals surface area (Å²) >= 11 is 0. The molecule has 0 bridgehead atoms. The Kier molecular flexibility index (Phi) is 6.28. The first kappa shape index (κ1) is 22.3. The highest BCUT2D eigenvalue weighted by molar-refractivity contribution is 7.91. The van der Waals surface area contributed by atoms with E-state index in [1.54, 1.807) is 80.8 Å². The van der Waals surface area contributed by atoms with Gasteiger partial charge in [-0.05, 0) is 48.9 Å². The minimum Gasteiger partial charge on any atom is -0.497 e. The molecule has 3 aromatic carbocycles. The van der Waals surface area contributed by atoms with Gasteiger partial charge in [0.05, 0.1) is 29.8 Å². The van der Waals surface area contributed by atoms with Crippen molar-refractivity contribution in [2.75, 3.05) is 7.11 Å². The van der Waals surface area contributed by atoms with Gasteiger partial charge in [0.25, 0.3) is 0 Å². The largest absolute Gasteiger partial charge is 0.497 e. The molecule has 4 rings (SSSR count). The summed E-state index contributed by atoms with van der Waals surface area (Å²) in [5.41, 5.74) is 1.51. The molecule has 4 aromatic rings. The molecule has 0 N–H and O–H groups in total. The summed E-state index contributed by atoms with van der Waals surface area (Å²) in [6, 6.07) is 23.9. The van der Waals surface area contributed by atoms with Crippen LogP contribution in [-0.4, -0.2) is 31.3 Å². The van der Waals surface area contributed by atoms with Crippen molar-refractivity contribution in [2.24, 2.45) is 0 Å². The van der Waals surface area contributed by atoms with Crippen molar-refractivity contribution in [3.63, 3.8) is 0 Å². The quantitative estimate of drug-likeness (QED) is 0.383. The van der Waals surface area contributed by atoms with Gasteiger partial charge in [0.15, 0.2) is 4.90 Å². The number of methoxy groups -OCH3 is 1. The Morgan fingerprint density at radius 1 is 0.909 bits per heavy atom. The third kappa shape index (κ3) is 4.65. The average molecular weight is 463 g/mol. The summed E-state index contributed by atoms with van der Waals surface area (Å²) in [5, 5.41) is 4.40. The zero-order valence-corrected chi connectivity index (χ0v) is 19.0. The van der Waals surface area contributed by atoms with E-state index >= 15 is 0 Å². The van der Waals surface area contributed by atoms with E-state index in [9.17, 15) is 13.2 Å². The van der Waals surface area contributed by atoms with Gasteiger partial charge in [-0.25, -0.2) is 8.42 Å². The smallest absolute Gasteiger partial charge is 0.317 e. The number of para-hydroxylation sites is 1. The molecule has 0 saturated carbocycles. The van der Waals surface area contributed by atoms with Crippen LogP contribution in [0.4, 0.5) is 0 Å². The molecule has 0 fully saturated rings. The number of sulfone groups is 1. The van der Waals surface area contributed by atoms with E-state index in [2.05, 4.69) is 5.10 Å². The summed E-state index contributed by atoms with van der Waals surface area (Å²) < 4.78 is 39.1. The third-order valence-electron chi connectivity index (χ3n) is 5.01. The number of carbonyl (C=O) groups is 1. The minimum absolute atomic E-state index is 0.0478. The van der Waals surface area contributed by atoms with E-state index in [0.717, 1.165) is 0 Å². The van der Waals surface area contributed by atoms with Gasteiger partial charge in [-0.15, -0.1) is 0 Å². The fourth-order valence-corrected chi connectivity index (χ4v) is 4.95. The Labute approximate surface area is 192 Å². The molecule has 0 aliphatic heterocycles. The number of hydrogen-bond donors (Lipinski definition) is 0. The van der Waals surface area contributed by atoms with Gasteiger partial charge in [0.2, 0.25) is 15.7 Å². The fourth-order valence-electron chi connectivity index (χ4n) is 3.41. The van der Waals surface area contributed by atoms with Crippen molar-refractivity contribution in [3.8, 4) is 17.3 Å². The second kappa shape index (κ2) is 9.30. The molecule has 33 heavy (non-hydrogen) atoms. The van der Waals surface area contributed by atoms with Crippen molar-refractivity contribution in [2.45, 2.75) is 23.1 Å². The highest BCUT2D eigenvalue weighted by Gasteiger charge is 2.31. The van der Waals surface area contributed by atoms with Gasteiger partial charge >= 0.3 is 5.97 Å². The first-order valence-corrected chi connectivity index (χ1v) is 11.7. The number of aromatic nitrogens is 2. The molecule has 0 amide bonds. The topological polar surface area (TPSA) is 87.5 Å². The van der Waals surface area contributed by atoms with Crippen LogP contribution in [0.25, 0.3) is 5.69 Å². The molecule has 7 nitrogen and oxygen atoms in total. The number of esters is 1. The normalized spacial score (nSPS) is 11.2. The number of ether oxygens (including phenoxy) is 2. The van der Waals surface area contributed by atoms with E-state index in [4.69, 9.17) is 9.47 Å². The number of hydrogen-bond acceptors (Lipinski definition) is 6. The summed E-state index contributed by atoms with van der Waals surface area (Å²) in [4.78, 5) is 12.8. The Morgan fingerprint density at radius 3 is 2.12 bits per heavy atom. The van der Waals surface area contributed by atoms with E-state index in [1.165, 1.54) is 16.8 Å². The van der Waals surface area contributed by atoms with Crippen LogP contribution in [-0.2, 0) is 21.1 Å². The molecule has 0 atom stereocenters. The van der Waals surface area contributed by atoms with E-state index in [-0.39, 0.29) is 27.8 Å². The first-order chi connectivity index (χ1) is 15.9. The molecule has 0 radical (unpaired) electrons. The Balaban J connectivity index is 1.76. The molecule has 0 saturated heterocycles. The highest BCUT2D eigenvalue weighted by atomic mass is 32.2. The molecule has 1 heterocycles. The Hall–Kier alpha value is -3.91. The van der Waals surface area contributed by atoms with Gasteiger partial charge in [0, 0.05) is 0 Å². The van der Waals surface area contributed by atoms with Crippen LogP contribution in [0.1, 0.15) is 11.3 Å². The van der Waals surface area contributed by atoms with Crippen molar-refractivity contribution < 1.29 is 22.7 Å².